The Morgan fingerprint density at radius 3 is 2.82 bits per heavy atom. The number of aromatic amines is 1. The number of aromatic nitrogens is 5. The number of nitrogens with zero attached hydrogens (tertiary/aromatic N) is 4. The Hall–Kier alpha value is -3.31. The first-order valence-corrected chi connectivity index (χ1v) is 12.3. The molecule has 4 heterocycles. The Morgan fingerprint density at radius 1 is 1.24 bits per heavy atom. The van der Waals surface area contributed by atoms with Crippen LogP contribution in [0.3, 0.4) is 0 Å². The van der Waals surface area contributed by atoms with Crippen LogP contribution in [0.2, 0.25) is 5.02 Å². The molecule has 0 radical (unpaired) electrons. The van der Waals surface area contributed by atoms with Crippen molar-refractivity contribution in [3.8, 4) is 11.5 Å². The summed E-state index contributed by atoms with van der Waals surface area (Å²) in [6, 6.07) is 3.36. The molecule has 5 rings (SSSR count). The van der Waals surface area contributed by atoms with Crippen LogP contribution in [0.4, 0.5) is 14.5 Å². The van der Waals surface area contributed by atoms with Crippen molar-refractivity contribution in [1.29, 1.82) is 0 Å². The number of fused-ring (bicyclic) bond motifs is 1. The number of sulfonamides is 1. The lowest BCUT2D eigenvalue weighted by atomic mass is 9.89. The first kappa shape index (κ1) is 22.5. The van der Waals surface area contributed by atoms with Crippen LogP contribution in [-0.2, 0) is 23.0 Å². The molecule has 0 amide bonds. The van der Waals surface area contributed by atoms with Crippen LogP contribution in [0.5, 0.6) is 0 Å². The zero-order valence-corrected chi connectivity index (χ0v) is 19.5. The topological polar surface area (TPSA) is 106 Å². The van der Waals surface area contributed by atoms with E-state index in [1.165, 1.54) is 19.2 Å². The van der Waals surface area contributed by atoms with Crippen molar-refractivity contribution in [2.24, 2.45) is 0 Å². The van der Waals surface area contributed by atoms with Gasteiger partial charge < -0.3 is 9.55 Å². The summed E-state index contributed by atoms with van der Waals surface area (Å²) in [5.41, 5.74) is 1.32. The molecule has 0 bridgehead atoms. The van der Waals surface area contributed by atoms with Gasteiger partial charge in [-0.3, -0.25) is 9.71 Å². The predicted octanol–water partition coefficient (Wildman–Crippen LogP) is 4.44. The molecule has 1 aromatic carbocycles. The third kappa shape index (κ3) is 3.94. The molecule has 1 atom stereocenters. The number of benzene rings is 1. The lowest BCUT2D eigenvalue weighted by Crippen LogP contribution is -2.22. The molecule has 2 N–H and O–H groups in total. The van der Waals surface area contributed by atoms with Gasteiger partial charge in [0.15, 0.2) is 11.6 Å². The lowest BCUT2D eigenvalue weighted by Gasteiger charge is -2.26. The molecule has 0 spiro atoms. The minimum absolute atomic E-state index is 0.124. The van der Waals surface area contributed by atoms with Crippen LogP contribution >= 0.6 is 11.6 Å². The second-order valence-corrected chi connectivity index (χ2v) is 10.1. The van der Waals surface area contributed by atoms with Gasteiger partial charge >= 0.3 is 0 Å². The van der Waals surface area contributed by atoms with Gasteiger partial charge in [0.25, 0.3) is 10.0 Å². The zero-order valence-electron chi connectivity index (χ0n) is 17.9. The van der Waals surface area contributed by atoms with Gasteiger partial charge in [-0.15, -0.1) is 0 Å². The van der Waals surface area contributed by atoms with E-state index in [0.717, 1.165) is 17.8 Å². The van der Waals surface area contributed by atoms with Gasteiger partial charge in [-0.25, -0.2) is 27.2 Å². The van der Waals surface area contributed by atoms with E-state index < -0.39 is 27.6 Å². The quantitative estimate of drug-likeness (QED) is 0.418. The molecular weight excluding hydrogens is 486 g/mol. The highest BCUT2D eigenvalue weighted by Gasteiger charge is 2.30. The molecule has 0 aliphatic carbocycles. The first-order chi connectivity index (χ1) is 16.2. The van der Waals surface area contributed by atoms with E-state index in [9.17, 15) is 12.8 Å². The van der Waals surface area contributed by atoms with Crippen molar-refractivity contribution < 1.29 is 17.2 Å². The molecule has 1 aliphatic rings. The number of hydrogen-bond acceptors (Lipinski definition) is 5. The lowest BCUT2D eigenvalue weighted by molar-refractivity contribution is 0.427. The van der Waals surface area contributed by atoms with Crippen molar-refractivity contribution in [3.63, 3.8) is 0 Å². The molecule has 0 saturated heterocycles. The standard InChI is InChI=1S/C22H19ClF2N6O2S/c1-12-18(8-14(23)9-28-12)34(32,33)30-16-4-3-15(24)19(20(16)25)13-2-5-17-21(22-26-6-7-27-22)29-11-31(17)10-13/h3-4,6-9,11,13,30H,2,5,10H2,1H3,(H,26,27). The molecule has 34 heavy (non-hydrogen) atoms. The van der Waals surface area contributed by atoms with Gasteiger partial charge in [-0.2, -0.15) is 0 Å². The highest BCUT2D eigenvalue weighted by atomic mass is 35.5. The van der Waals surface area contributed by atoms with Crippen molar-refractivity contribution in [1.82, 2.24) is 24.5 Å². The van der Waals surface area contributed by atoms with E-state index in [-0.39, 0.29) is 26.9 Å². The highest BCUT2D eigenvalue weighted by Crippen LogP contribution is 2.37. The van der Waals surface area contributed by atoms with Gasteiger partial charge in [0.2, 0.25) is 0 Å². The van der Waals surface area contributed by atoms with Crippen LogP contribution in [0.15, 0.2) is 48.0 Å². The Bertz CT molecular complexity index is 1490. The van der Waals surface area contributed by atoms with Crippen molar-refractivity contribution >= 4 is 27.3 Å². The molecule has 3 aromatic heterocycles. The average Bonchev–Trinajstić information content (AvgIpc) is 3.47. The van der Waals surface area contributed by atoms with Crippen LogP contribution in [0.1, 0.15) is 29.3 Å². The van der Waals surface area contributed by atoms with Crippen molar-refractivity contribution in [2.75, 3.05) is 4.72 Å². The van der Waals surface area contributed by atoms with Gasteiger partial charge in [0.1, 0.15) is 16.4 Å². The van der Waals surface area contributed by atoms with Gasteiger partial charge in [0, 0.05) is 42.3 Å². The van der Waals surface area contributed by atoms with Gasteiger partial charge in [0.05, 0.1) is 22.7 Å². The summed E-state index contributed by atoms with van der Waals surface area (Å²) >= 11 is 5.89. The minimum atomic E-state index is -4.20. The van der Waals surface area contributed by atoms with Gasteiger partial charge in [-0.1, -0.05) is 11.6 Å². The molecule has 0 fully saturated rings. The maximum Gasteiger partial charge on any atom is 0.263 e. The summed E-state index contributed by atoms with van der Waals surface area (Å²) in [4.78, 5) is 15.4. The monoisotopic (exact) mass is 504 g/mol. The van der Waals surface area contributed by atoms with E-state index in [1.807, 2.05) is 4.57 Å². The Balaban J connectivity index is 1.46. The fourth-order valence-corrected chi connectivity index (χ4v) is 5.78. The number of H-pyrrole nitrogens is 1. The van der Waals surface area contributed by atoms with Crippen LogP contribution < -0.4 is 4.72 Å². The molecule has 0 saturated carbocycles. The first-order valence-electron chi connectivity index (χ1n) is 10.4. The Labute approximate surface area is 199 Å². The smallest absolute Gasteiger partial charge is 0.263 e. The molecule has 1 aliphatic heterocycles. The van der Waals surface area contributed by atoms with Crippen LogP contribution in [-0.4, -0.2) is 32.9 Å². The fraction of sp³-hybridized carbons (Fsp3) is 0.227. The largest absolute Gasteiger partial charge is 0.343 e. The molecule has 8 nitrogen and oxygen atoms in total. The molecule has 176 valence electrons. The van der Waals surface area contributed by atoms with E-state index in [2.05, 4.69) is 24.7 Å². The zero-order chi connectivity index (χ0) is 24.0. The molecule has 1 unspecified atom stereocenters. The van der Waals surface area contributed by atoms with Crippen LogP contribution in [0, 0.1) is 18.6 Å². The average molecular weight is 505 g/mol. The maximum absolute atomic E-state index is 15.5. The minimum Gasteiger partial charge on any atom is -0.343 e. The van der Waals surface area contributed by atoms with E-state index in [0.29, 0.717) is 30.9 Å². The Morgan fingerprint density at radius 2 is 2.06 bits per heavy atom. The van der Waals surface area contributed by atoms with Crippen molar-refractivity contribution in [3.05, 3.63) is 76.7 Å². The second kappa shape index (κ2) is 8.48. The number of rotatable bonds is 5. The summed E-state index contributed by atoms with van der Waals surface area (Å²) < 4.78 is 60.2. The normalized spacial score (nSPS) is 15.8. The molecule has 12 heteroatoms. The molecule has 4 aromatic rings. The number of halogens is 3. The third-order valence-corrected chi connectivity index (χ3v) is 7.58. The SMILES string of the molecule is Cc1ncc(Cl)cc1S(=O)(=O)Nc1ccc(F)c(C2CCc3c(-c4ncc[nH]4)ncn3C2)c1F. The second-order valence-electron chi connectivity index (χ2n) is 8.03. The predicted molar refractivity (Wildman–Crippen MR) is 122 cm³/mol. The fourth-order valence-electron chi connectivity index (χ4n) is 4.28. The van der Waals surface area contributed by atoms with Crippen molar-refractivity contribution in [2.45, 2.75) is 37.1 Å². The number of aryl methyl sites for hydroxylation is 1. The van der Waals surface area contributed by atoms with Gasteiger partial charge in [-0.05, 0) is 38.0 Å². The highest BCUT2D eigenvalue weighted by molar-refractivity contribution is 7.92. The number of pyridine rings is 1. The van der Waals surface area contributed by atoms with E-state index in [1.54, 1.807) is 18.7 Å². The third-order valence-electron chi connectivity index (χ3n) is 5.89. The summed E-state index contributed by atoms with van der Waals surface area (Å²) in [7, 11) is -4.20. The summed E-state index contributed by atoms with van der Waals surface area (Å²) in [6.07, 6.45) is 7.26. The number of anilines is 1. The number of imidazole rings is 2. The summed E-state index contributed by atoms with van der Waals surface area (Å²) in [5, 5.41) is 0.124. The number of nitrogens with one attached hydrogen (secondary N) is 2. The number of hydrogen-bond donors (Lipinski definition) is 2. The molecular formula is C22H19ClF2N6O2S. The van der Waals surface area contributed by atoms with Crippen LogP contribution in [0.25, 0.3) is 11.5 Å². The van der Waals surface area contributed by atoms with E-state index in [4.69, 9.17) is 11.6 Å². The summed E-state index contributed by atoms with van der Waals surface area (Å²) in [6.45, 7) is 1.80. The Kier molecular flexibility index (Phi) is 5.61. The van der Waals surface area contributed by atoms with E-state index >= 15 is 4.39 Å². The maximum atomic E-state index is 15.5. The summed E-state index contributed by atoms with van der Waals surface area (Å²) in [5.74, 6) is -1.56.